The van der Waals surface area contributed by atoms with Crippen LogP contribution in [0.15, 0.2) is 79.6 Å². The zero-order valence-electron chi connectivity index (χ0n) is 50.4. The number of aliphatic hydroxyl groups is 2. The first kappa shape index (κ1) is 66.8. The number of nitrogens with zero attached hydrogens (tertiary/aromatic N) is 3. The molecule has 6 aliphatic rings. The Morgan fingerprint density at radius 3 is 1.95 bits per heavy atom. The van der Waals surface area contributed by atoms with E-state index in [4.69, 9.17) is 67.9 Å². The van der Waals surface area contributed by atoms with Gasteiger partial charge in [-0.2, -0.15) is 0 Å². The van der Waals surface area contributed by atoms with Gasteiger partial charge >= 0.3 is 7.82 Å². The smallest absolute Gasteiger partial charge is 0.462 e. The number of amides is 7. The van der Waals surface area contributed by atoms with Crippen LogP contribution in [0.1, 0.15) is 133 Å². The molecule has 0 spiro atoms. The Bertz CT molecular complexity index is 3130. The van der Waals surface area contributed by atoms with Crippen molar-refractivity contribution in [3.8, 4) is 5.75 Å². The minimum Gasteiger partial charge on any atom is -0.462 e. The van der Waals surface area contributed by atoms with Gasteiger partial charge < -0.3 is 69.6 Å². The minimum absolute atomic E-state index is 0.0117. The summed E-state index contributed by atoms with van der Waals surface area (Å²) in [4.78, 5) is 121. The number of aliphatic imine (C=N–C) groups is 3. The summed E-state index contributed by atoms with van der Waals surface area (Å²) in [6.45, 7) is 15.3. The summed E-state index contributed by atoms with van der Waals surface area (Å²) in [5.74, 6) is -6.86. The van der Waals surface area contributed by atoms with Crippen LogP contribution in [0.4, 0.5) is 0 Å². The second-order valence-corrected chi connectivity index (χ2v) is 26.8. The van der Waals surface area contributed by atoms with Crippen LogP contribution in [0.5, 0.6) is 5.75 Å². The van der Waals surface area contributed by atoms with Gasteiger partial charge in [-0.05, 0) is 82.7 Å². The SMILES string of the molecule is CC1=C2N=C(C=C3N/C(=C(/C)C4=N[C@@](C)([C@@H]5N=C1[C@](C)(CCC(=O)NC[C@@H](C)OP(=O)(O)O[C@H]1[C@@H](O)[C@@H](Oc6ccccc6)O[C@@H]1CO)[C@H]5CC(N)=O)[C@@](C)(CC(N)=O)[C@@H]4CCC(N)=O)[C@@](C)(CC(N)=O)[C@@H]3CCC(N)=O)C(C)(C)[C@@H]2CCC(N)=O. The summed E-state index contributed by atoms with van der Waals surface area (Å²) in [6, 6.07) is 7.29. The Morgan fingerprint density at radius 1 is 0.791 bits per heavy atom. The van der Waals surface area contributed by atoms with Crippen LogP contribution in [-0.2, 0) is 51.9 Å². The summed E-state index contributed by atoms with van der Waals surface area (Å²) in [7, 11) is -5.04. The van der Waals surface area contributed by atoms with E-state index in [0.29, 0.717) is 51.1 Å². The number of ether oxygens (including phenoxy) is 2. The van der Waals surface area contributed by atoms with E-state index in [-0.39, 0.29) is 77.2 Å². The number of para-hydroxylation sites is 1. The first-order chi connectivity index (χ1) is 40.0. The molecule has 6 aliphatic heterocycles. The van der Waals surface area contributed by atoms with Crippen molar-refractivity contribution < 1.29 is 71.8 Å². The summed E-state index contributed by atoms with van der Waals surface area (Å²) >= 11 is 0. The molecule has 7 amide bonds. The van der Waals surface area contributed by atoms with E-state index in [1.54, 1.807) is 30.3 Å². The summed E-state index contributed by atoms with van der Waals surface area (Å²) in [5, 5.41) is 27.5. The maximum atomic E-state index is 14.3. The van der Waals surface area contributed by atoms with Gasteiger partial charge in [0.05, 0.1) is 24.3 Å². The van der Waals surface area contributed by atoms with Crippen molar-refractivity contribution in [1.82, 2.24) is 10.6 Å². The molecule has 2 fully saturated rings. The highest BCUT2D eigenvalue weighted by Crippen LogP contribution is 2.62. The molecule has 17 N–H and O–H groups in total. The zero-order valence-corrected chi connectivity index (χ0v) is 51.3. The maximum absolute atomic E-state index is 14.3. The second kappa shape index (κ2) is 25.6. The van der Waals surface area contributed by atoms with Crippen LogP contribution >= 0.6 is 7.82 Å². The highest BCUT2D eigenvalue weighted by molar-refractivity contribution is 7.47. The van der Waals surface area contributed by atoms with Crippen LogP contribution in [0, 0.1) is 45.3 Å². The van der Waals surface area contributed by atoms with E-state index in [9.17, 15) is 53.2 Å². The second-order valence-electron chi connectivity index (χ2n) is 25.4. The lowest BCUT2D eigenvalue weighted by molar-refractivity contribution is -0.124. The highest BCUT2D eigenvalue weighted by atomic mass is 31.2. The molecule has 1 unspecified atom stereocenters. The molecule has 1 aromatic rings. The fourth-order valence-corrected chi connectivity index (χ4v) is 15.6. The van der Waals surface area contributed by atoms with E-state index in [1.807, 2.05) is 61.5 Å². The van der Waals surface area contributed by atoms with Gasteiger partial charge in [0.25, 0.3) is 0 Å². The Morgan fingerprint density at radius 2 is 1.38 bits per heavy atom. The van der Waals surface area contributed by atoms with Crippen molar-refractivity contribution in [2.45, 2.75) is 175 Å². The monoisotopic (exact) mass is 1220 g/mol. The quantitative estimate of drug-likeness (QED) is 0.0564. The number of hydrogen-bond acceptors (Lipinski definition) is 18. The number of phosphoric ester groups is 1. The van der Waals surface area contributed by atoms with Crippen molar-refractivity contribution in [1.29, 1.82) is 0 Å². The number of rotatable bonds is 27. The van der Waals surface area contributed by atoms with Gasteiger partial charge in [-0.25, -0.2) is 4.57 Å². The Balaban J connectivity index is 1.34. The molecule has 27 heteroatoms. The molecule has 86 heavy (non-hydrogen) atoms. The fraction of sp³-hybridized carbons (Fsp3) is 0.627. The summed E-state index contributed by atoms with van der Waals surface area (Å²) in [6.07, 6.45) is -6.04. The van der Waals surface area contributed by atoms with Gasteiger partial charge in [-0.3, -0.25) is 57.6 Å². The molecule has 26 nitrogen and oxygen atoms in total. The highest BCUT2D eigenvalue weighted by Gasteiger charge is 2.66. The van der Waals surface area contributed by atoms with E-state index in [0.717, 1.165) is 0 Å². The first-order valence-electron chi connectivity index (χ1n) is 29.0. The molecule has 0 radical (unpaired) electrons. The third-order valence-electron chi connectivity index (χ3n) is 19.1. The van der Waals surface area contributed by atoms with Crippen molar-refractivity contribution >= 4 is 66.3 Å². The number of aliphatic hydroxyl groups excluding tert-OH is 2. The Kier molecular flexibility index (Phi) is 19.9. The van der Waals surface area contributed by atoms with Crippen LogP contribution in [0.2, 0.25) is 0 Å². The number of nitrogens with one attached hydrogen (secondary N) is 2. The third kappa shape index (κ3) is 13.4. The topological polar surface area (TPSA) is 451 Å². The molecule has 0 aromatic heterocycles. The normalized spacial score (nSPS) is 33.7. The number of carbonyl (C=O) groups excluding carboxylic acids is 7. The lowest BCUT2D eigenvalue weighted by Crippen LogP contribution is -2.56. The van der Waals surface area contributed by atoms with Crippen molar-refractivity contribution in [3.05, 3.63) is 64.6 Å². The maximum Gasteiger partial charge on any atom is 0.472 e. The largest absolute Gasteiger partial charge is 0.472 e. The van der Waals surface area contributed by atoms with Crippen molar-refractivity contribution in [2.24, 2.45) is 94.7 Å². The van der Waals surface area contributed by atoms with E-state index < -0.39 is 143 Å². The lowest BCUT2D eigenvalue weighted by Gasteiger charge is -2.48. The molecule has 2 saturated heterocycles. The molecule has 6 heterocycles. The van der Waals surface area contributed by atoms with Crippen LogP contribution in [-0.4, -0.2) is 129 Å². The number of phosphoric acid groups is 1. The van der Waals surface area contributed by atoms with Crippen LogP contribution in [0.25, 0.3) is 0 Å². The van der Waals surface area contributed by atoms with Crippen LogP contribution in [0.3, 0.4) is 0 Å². The molecule has 0 saturated carbocycles. The molecule has 0 aliphatic carbocycles. The average Bonchev–Trinajstić information content (AvgIpc) is 1.55. The number of hydrogen-bond donors (Lipinski definition) is 11. The molecule has 15 atom stereocenters. The van der Waals surface area contributed by atoms with Gasteiger partial charge in [0.1, 0.15) is 24.1 Å². The molecule has 7 rings (SSSR count). The number of carbonyl (C=O) groups is 7. The average molecular weight is 1220 g/mol. The predicted octanol–water partition coefficient (Wildman–Crippen LogP) is 2.40. The van der Waals surface area contributed by atoms with Crippen LogP contribution < -0.4 is 49.8 Å². The standard InChI is InChI=1S/C59H86N11O15P/c1-29(84-86(80,81)85-50-38(28-71)83-54(49(50)79)82-32-13-11-10-12-14-32)27-66-46(78)21-22-56(6)36(23-43(63)75)53-59(9)58(8,26-45(65)77)35(17-20-42(62)74)48(70-59)31(3)52-57(7,25-44(64)76)33(15-18-40(60)72)37(67-52)24-39-55(4,5)34(16-19-41(61)73)47(68-39)30(2)51(56)69-53/h10-14,24,29,33-36,38,49-50,53-54,67,71,79H,15-23,25-28H2,1-9H3,(H2,60,72)(H2,61,73)(H2,62,74)(H2,63,75)(H2,64,76)(H2,65,77)(H,66,78)(H,80,81)/b37-24?,47-30?,52-31-/t29-,33-,34-,35-,36+,38-,49-,50-,53-,54+,56-,57+,58+,59+/m1/s1. The van der Waals surface area contributed by atoms with E-state index in [1.165, 1.54) is 6.92 Å². The summed E-state index contributed by atoms with van der Waals surface area (Å²) < 4.78 is 35.5. The van der Waals surface area contributed by atoms with Gasteiger partial charge in [0.2, 0.25) is 47.6 Å². The van der Waals surface area contributed by atoms with Gasteiger partial charge in [-0.15, -0.1) is 0 Å². The molecule has 1 aromatic carbocycles. The Labute approximate surface area is 500 Å². The number of nitrogens with two attached hydrogens (primary N) is 6. The number of benzene rings is 1. The van der Waals surface area contributed by atoms with E-state index >= 15 is 0 Å². The summed E-state index contributed by atoms with van der Waals surface area (Å²) in [5.41, 5.74) is 34.1. The van der Waals surface area contributed by atoms with Gasteiger partial charge in [0.15, 0.2) is 0 Å². The first-order valence-corrected chi connectivity index (χ1v) is 30.5. The number of primary amides is 6. The molecular weight excluding hydrogens is 1130 g/mol. The minimum atomic E-state index is -5.04. The van der Waals surface area contributed by atoms with Crippen molar-refractivity contribution in [3.63, 3.8) is 0 Å². The third-order valence-corrected chi connectivity index (χ3v) is 20.2. The lowest BCUT2D eigenvalue weighted by atomic mass is 9.55. The fourth-order valence-electron chi connectivity index (χ4n) is 14.4. The number of allylic oxidation sites excluding steroid dienone is 6. The number of fused-ring (bicyclic) bond motifs is 6. The zero-order chi connectivity index (χ0) is 63.8. The van der Waals surface area contributed by atoms with E-state index in [2.05, 4.69) is 10.6 Å². The van der Waals surface area contributed by atoms with Crippen molar-refractivity contribution in [2.75, 3.05) is 13.2 Å². The molecule has 472 valence electrons. The predicted molar refractivity (Wildman–Crippen MR) is 316 cm³/mol. The van der Waals surface area contributed by atoms with Gasteiger partial charge in [0, 0.05) is 131 Å². The molecular formula is C59H86N11O15P. The Hall–Kier alpha value is -6.67. The molecule has 8 bridgehead atoms. The van der Waals surface area contributed by atoms with Gasteiger partial charge in [-0.1, -0.05) is 52.8 Å².